The second-order valence-electron chi connectivity index (χ2n) is 3.93. The van der Waals surface area contributed by atoms with Gasteiger partial charge in [-0.3, -0.25) is 4.68 Å². The van der Waals surface area contributed by atoms with Crippen LogP contribution < -0.4 is 5.32 Å². The maximum atomic E-state index is 8.68. The van der Waals surface area contributed by atoms with Gasteiger partial charge in [-0.05, 0) is 17.7 Å². The van der Waals surface area contributed by atoms with Crippen LogP contribution in [0.2, 0.25) is 0 Å². The molecule has 2 aromatic rings. The fourth-order valence-electron chi connectivity index (χ4n) is 1.61. The molecule has 0 unspecified atom stereocenters. The second-order valence-corrected chi connectivity index (χ2v) is 3.93. The van der Waals surface area contributed by atoms with Gasteiger partial charge in [0.2, 0.25) is 0 Å². The van der Waals surface area contributed by atoms with Crippen molar-refractivity contribution in [3.8, 4) is 6.07 Å². The molecule has 0 saturated heterocycles. The van der Waals surface area contributed by atoms with E-state index in [1.807, 2.05) is 43.7 Å². The minimum absolute atomic E-state index is 0.695. The molecule has 0 spiro atoms. The molecule has 17 heavy (non-hydrogen) atoms. The first-order valence-corrected chi connectivity index (χ1v) is 5.45. The largest absolute Gasteiger partial charge is 0.309 e. The molecule has 86 valence electrons. The van der Waals surface area contributed by atoms with Crippen LogP contribution in [0.1, 0.15) is 16.7 Å². The Morgan fingerprint density at radius 1 is 1.24 bits per heavy atom. The Hall–Kier alpha value is -2.12. The second kappa shape index (κ2) is 5.28. The average molecular weight is 226 g/mol. The van der Waals surface area contributed by atoms with Crippen molar-refractivity contribution >= 4 is 0 Å². The molecule has 2 rings (SSSR count). The lowest BCUT2D eigenvalue weighted by Crippen LogP contribution is -2.12. The molecule has 1 aromatic heterocycles. The molecule has 0 saturated carbocycles. The van der Waals surface area contributed by atoms with Gasteiger partial charge in [0.1, 0.15) is 0 Å². The van der Waals surface area contributed by atoms with Crippen molar-refractivity contribution in [2.24, 2.45) is 7.05 Å². The highest BCUT2D eigenvalue weighted by atomic mass is 15.2. The van der Waals surface area contributed by atoms with Crippen molar-refractivity contribution in [3.05, 3.63) is 53.3 Å². The van der Waals surface area contributed by atoms with E-state index in [2.05, 4.69) is 16.5 Å². The summed E-state index contributed by atoms with van der Waals surface area (Å²) >= 11 is 0. The molecule has 1 N–H and O–H groups in total. The standard InChI is InChI=1S/C13H14N4/c1-17-10-13(9-16-17)8-15-7-12-4-2-11(6-14)3-5-12/h2-5,9-10,15H,7-8H2,1H3. The Kier molecular flexibility index (Phi) is 3.53. The number of hydrogen-bond donors (Lipinski definition) is 1. The van der Waals surface area contributed by atoms with Crippen LogP contribution >= 0.6 is 0 Å². The minimum Gasteiger partial charge on any atom is -0.309 e. The third-order valence-electron chi connectivity index (χ3n) is 2.50. The fourth-order valence-corrected chi connectivity index (χ4v) is 1.61. The first-order valence-electron chi connectivity index (χ1n) is 5.45. The van der Waals surface area contributed by atoms with Crippen LogP contribution in [0.5, 0.6) is 0 Å². The zero-order valence-electron chi connectivity index (χ0n) is 9.72. The van der Waals surface area contributed by atoms with Gasteiger partial charge in [-0.2, -0.15) is 10.4 Å². The molecule has 4 nitrogen and oxygen atoms in total. The van der Waals surface area contributed by atoms with Crippen LogP contribution in [0.25, 0.3) is 0 Å². The molecule has 0 atom stereocenters. The molecule has 1 aromatic carbocycles. The van der Waals surface area contributed by atoms with Crippen molar-refractivity contribution < 1.29 is 0 Å². The van der Waals surface area contributed by atoms with Crippen LogP contribution in [0, 0.1) is 11.3 Å². The molecule has 1 heterocycles. The number of nitrogens with one attached hydrogen (secondary N) is 1. The van der Waals surface area contributed by atoms with Gasteiger partial charge < -0.3 is 5.32 Å². The highest BCUT2D eigenvalue weighted by Crippen LogP contribution is 2.03. The molecule has 0 radical (unpaired) electrons. The van der Waals surface area contributed by atoms with Crippen LogP contribution in [-0.2, 0) is 20.1 Å². The summed E-state index contributed by atoms with van der Waals surface area (Å²) in [6.07, 6.45) is 3.84. The van der Waals surface area contributed by atoms with Crippen molar-refractivity contribution in [2.75, 3.05) is 0 Å². The monoisotopic (exact) mass is 226 g/mol. The van der Waals surface area contributed by atoms with E-state index in [1.165, 1.54) is 11.1 Å². The van der Waals surface area contributed by atoms with Gasteiger partial charge in [-0.15, -0.1) is 0 Å². The summed E-state index contributed by atoms with van der Waals surface area (Å²) in [5.41, 5.74) is 3.04. The molecule has 0 aliphatic rings. The number of aryl methyl sites for hydroxylation is 1. The lowest BCUT2D eigenvalue weighted by molar-refractivity contribution is 0.692. The van der Waals surface area contributed by atoms with E-state index >= 15 is 0 Å². The van der Waals surface area contributed by atoms with Crippen LogP contribution in [-0.4, -0.2) is 9.78 Å². The van der Waals surface area contributed by atoms with E-state index in [9.17, 15) is 0 Å². The fraction of sp³-hybridized carbons (Fsp3) is 0.231. The van der Waals surface area contributed by atoms with Gasteiger partial charge >= 0.3 is 0 Å². The van der Waals surface area contributed by atoms with E-state index in [0.717, 1.165) is 13.1 Å². The number of nitriles is 1. The van der Waals surface area contributed by atoms with E-state index in [1.54, 1.807) is 4.68 Å². The summed E-state index contributed by atoms with van der Waals surface area (Å²) in [4.78, 5) is 0. The topological polar surface area (TPSA) is 53.6 Å². The molecule has 0 aliphatic carbocycles. The van der Waals surface area contributed by atoms with Gasteiger partial charge in [0, 0.05) is 31.9 Å². The Bertz CT molecular complexity index is 519. The Balaban J connectivity index is 1.84. The van der Waals surface area contributed by atoms with E-state index in [-0.39, 0.29) is 0 Å². The lowest BCUT2D eigenvalue weighted by atomic mass is 10.1. The number of nitrogens with zero attached hydrogens (tertiary/aromatic N) is 3. The number of rotatable bonds is 4. The zero-order valence-corrected chi connectivity index (χ0v) is 9.72. The van der Waals surface area contributed by atoms with E-state index in [4.69, 9.17) is 5.26 Å². The normalized spacial score (nSPS) is 10.1. The maximum Gasteiger partial charge on any atom is 0.0991 e. The zero-order chi connectivity index (χ0) is 12.1. The number of hydrogen-bond acceptors (Lipinski definition) is 3. The molecule has 0 fully saturated rings. The third kappa shape index (κ3) is 3.16. The molecule has 0 amide bonds. The van der Waals surface area contributed by atoms with Gasteiger partial charge in [0.15, 0.2) is 0 Å². The molecule has 0 bridgehead atoms. The first-order chi connectivity index (χ1) is 8.28. The van der Waals surface area contributed by atoms with E-state index < -0.39 is 0 Å². The Morgan fingerprint density at radius 3 is 2.53 bits per heavy atom. The Labute approximate surface area is 100 Å². The van der Waals surface area contributed by atoms with Crippen LogP contribution in [0.15, 0.2) is 36.7 Å². The number of aromatic nitrogens is 2. The lowest BCUT2D eigenvalue weighted by Gasteiger charge is -2.03. The quantitative estimate of drug-likeness (QED) is 0.861. The average Bonchev–Trinajstić information content (AvgIpc) is 2.76. The third-order valence-corrected chi connectivity index (χ3v) is 2.50. The molecular weight excluding hydrogens is 212 g/mol. The van der Waals surface area contributed by atoms with Gasteiger partial charge in [0.25, 0.3) is 0 Å². The summed E-state index contributed by atoms with van der Waals surface area (Å²) < 4.78 is 1.79. The predicted octanol–water partition coefficient (Wildman–Crippen LogP) is 1.58. The van der Waals surface area contributed by atoms with Crippen molar-refractivity contribution in [2.45, 2.75) is 13.1 Å². The van der Waals surface area contributed by atoms with Gasteiger partial charge in [-0.1, -0.05) is 12.1 Å². The smallest absolute Gasteiger partial charge is 0.0991 e. The van der Waals surface area contributed by atoms with Gasteiger partial charge in [0.05, 0.1) is 17.8 Å². The van der Waals surface area contributed by atoms with Crippen molar-refractivity contribution in [1.29, 1.82) is 5.26 Å². The molecule has 4 heteroatoms. The van der Waals surface area contributed by atoms with E-state index in [0.29, 0.717) is 5.56 Å². The summed E-state index contributed by atoms with van der Waals surface area (Å²) in [6, 6.07) is 9.71. The molecular formula is C13H14N4. The highest BCUT2D eigenvalue weighted by Gasteiger charge is 1.97. The number of benzene rings is 1. The summed E-state index contributed by atoms with van der Waals surface area (Å²) in [6.45, 7) is 1.59. The SMILES string of the molecule is Cn1cc(CNCc2ccc(C#N)cc2)cn1. The van der Waals surface area contributed by atoms with Crippen molar-refractivity contribution in [1.82, 2.24) is 15.1 Å². The highest BCUT2D eigenvalue weighted by molar-refractivity contribution is 5.31. The minimum atomic E-state index is 0.695. The first kappa shape index (κ1) is 11.4. The Morgan fingerprint density at radius 2 is 1.94 bits per heavy atom. The summed E-state index contributed by atoms with van der Waals surface area (Å²) in [5, 5.41) is 16.1. The van der Waals surface area contributed by atoms with Crippen LogP contribution in [0.4, 0.5) is 0 Å². The molecule has 0 aliphatic heterocycles. The van der Waals surface area contributed by atoms with Crippen LogP contribution in [0.3, 0.4) is 0 Å². The maximum absolute atomic E-state index is 8.68. The van der Waals surface area contributed by atoms with Crippen molar-refractivity contribution in [3.63, 3.8) is 0 Å². The van der Waals surface area contributed by atoms with Gasteiger partial charge in [-0.25, -0.2) is 0 Å². The predicted molar refractivity (Wildman–Crippen MR) is 64.9 cm³/mol. The summed E-state index contributed by atoms with van der Waals surface area (Å²) in [5.74, 6) is 0. The summed E-state index contributed by atoms with van der Waals surface area (Å²) in [7, 11) is 1.91.